The lowest BCUT2D eigenvalue weighted by Gasteiger charge is -2.15. The standard InChI is InChI=1S/C18H21NO/c1-4-5-12-20-18-11-10-15-8-6-7-9-16(15)17(18)13-19-14(2)3/h6-11,14,19H,12-13H2,1-3H3. The Morgan fingerprint density at radius 3 is 2.70 bits per heavy atom. The van der Waals surface area contributed by atoms with E-state index in [1.54, 1.807) is 0 Å². The second kappa shape index (κ2) is 6.98. The van der Waals surface area contributed by atoms with Gasteiger partial charge in [0, 0.05) is 18.2 Å². The normalized spacial score (nSPS) is 10.4. The van der Waals surface area contributed by atoms with Gasteiger partial charge in [0.25, 0.3) is 0 Å². The van der Waals surface area contributed by atoms with Crippen LogP contribution >= 0.6 is 0 Å². The fourth-order valence-electron chi connectivity index (χ4n) is 2.13. The molecule has 0 spiro atoms. The van der Waals surface area contributed by atoms with Crippen LogP contribution < -0.4 is 10.1 Å². The molecule has 2 rings (SSSR count). The van der Waals surface area contributed by atoms with Crippen molar-refractivity contribution in [3.8, 4) is 17.6 Å². The van der Waals surface area contributed by atoms with Gasteiger partial charge in [-0.25, -0.2) is 0 Å². The summed E-state index contributed by atoms with van der Waals surface area (Å²) in [5, 5.41) is 5.95. The number of ether oxygens (including phenoxy) is 1. The van der Waals surface area contributed by atoms with Crippen LogP contribution in [0, 0.1) is 11.8 Å². The van der Waals surface area contributed by atoms with Gasteiger partial charge in [-0.2, -0.15) is 0 Å². The molecule has 2 aromatic carbocycles. The summed E-state index contributed by atoms with van der Waals surface area (Å²) in [5.41, 5.74) is 1.20. The first-order valence-electron chi connectivity index (χ1n) is 6.98. The molecule has 0 saturated heterocycles. The number of hydrogen-bond donors (Lipinski definition) is 1. The van der Waals surface area contributed by atoms with Crippen molar-refractivity contribution in [2.24, 2.45) is 0 Å². The maximum atomic E-state index is 5.80. The molecular weight excluding hydrogens is 246 g/mol. The first-order chi connectivity index (χ1) is 9.72. The van der Waals surface area contributed by atoms with Crippen molar-refractivity contribution in [1.29, 1.82) is 0 Å². The molecule has 0 aliphatic carbocycles. The minimum Gasteiger partial charge on any atom is -0.481 e. The van der Waals surface area contributed by atoms with E-state index >= 15 is 0 Å². The predicted octanol–water partition coefficient (Wildman–Crippen LogP) is 3.74. The molecule has 104 valence electrons. The third-order valence-electron chi connectivity index (χ3n) is 3.16. The van der Waals surface area contributed by atoms with Crippen molar-refractivity contribution in [3.63, 3.8) is 0 Å². The average molecular weight is 267 g/mol. The Labute approximate surface area is 121 Å². The first kappa shape index (κ1) is 14.4. The van der Waals surface area contributed by atoms with Gasteiger partial charge in [0.15, 0.2) is 0 Å². The molecule has 0 aliphatic heterocycles. The summed E-state index contributed by atoms with van der Waals surface area (Å²) in [6.07, 6.45) is 0. The topological polar surface area (TPSA) is 21.3 Å². The van der Waals surface area contributed by atoms with Gasteiger partial charge >= 0.3 is 0 Å². The zero-order valence-corrected chi connectivity index (χ0v) is 12.4. The summed E-state index contributed by atoms with van der Waals surface area (Å²) < 4.78 is 5.80. The highest BCUT2D eigenvalue weighted by Gasteiger charge is 2.09. The zero-order valence-electron chi connectivity index (χ0n) is 12.4. The zero-order chi connectivity index (χ0) is 14.4. The highest BCUT2D eigenvalue weighted by molar-refractivity contribution is 5.87. The molecule has 0 heterocycles. The predicted molar refractivity (Wildman–Crippen MR) is 84.9 cm³/mol. The van der Waals surface area contributed by atoms with Gasteiger partial charge in [-0.15, -0.1) is 5.92 Å². The summed E-state index contributed by atoms with van der Waals surface area (Å²) in [7, 11) is 0. The Bertz CT molecular complexity index is 635. The van der Waals surface area contributed by atoms with Crippen LogP contribution in [-0.4, -0.2) is 12.6 Å². The van der Waals surface area contributed by atoms with E-state index in [2.05, 4.69) is 61.3 Å². The maximum absolute atomic E-state index is 5.80. The van der Waals surface area contributed by atoms with E-state index in [1.165, 1.54) is 16.3 Å². The Morgan fingerprint density at radius 2 is 1.95 bits per heavy atom. The second-order valence-electron chi connectivity index (χ2n) is 5.01. The van der Waals surface area contributed by atoms with Crippen molar-refractivity contribution < 1.29 is 4.74 Å². The molecule has 20 heavy (non-hydrogen) atoms. The minimum atomic E-state index is 0.434. The van der Waals surface area contributed by atoms with Crippen LogP contribution in [0.5, 0.6) is 5.75 Å². The SMILES string of the molecule is CC#CCOc1ccc2ccccc2c1CNC(C)C. The van der Waals surface area contributed by atoms with E-state index in [9.17, 15) is 0 Å². The largest absolute Gasteiger partial charge is 0.481 e. The van der Waals surface area contributed by atoms with Crippen molar-refractivity contribution in [3.05, 3.63) is 42.0 Å². The van der Waals surface area contributed by atoms with Crippen LogP contribution in [0.15, 0.2) is 36.4 Å². The molecule has 0 bridgehead atoms. The fourth-order valence-corrected chi connectivity index (χ4v) is 2.13. The van der Waals surface area contributed by atoms with Gasteiger partial charge in [-0.05, 0) is 23.8 Å². The molecule has 0 amide bonds. The molecule has 2 nitrogen and oxygen atoms in total. The van der Waals surface area contributed by atoms with Crippen LogP contribution in [0.25, 0.3) is 10.8 Å². The lowest BCUT2D eigenvalue weighted by molar-refractivity contribution is 0.365. The number of rotatable bonds is 5. The minimum absolute atomic E-state index is 0.434. The van der Waals surface area contributed by atoms with E-state index < -0.39 is 0 Å². The molecule has 2 heteroatoms. The third kappa shape index (κ3) is 3.53. The lowest BCUT2D eigenvalue weighted by atomic mass is 10.0. The van der Waals surface area contributed by atoms with Gasteiger partial charge in [0.05, 0.1) is 0 Å². The molecule has 0 radical (unpaired) electrons. The molecule has 0 unspecified atom stereocenters. The Morgan fingerprint density at radius 1 is 1.15 bits per heavy atom. The smallest absolute Gasteiger partial charge is 0.149 e. The summed E-state index contributed by atoms with van der Waals surface area (Å²) in [6, 6.07) is 13.0. The highest BCUT2D eigenvalue weighted by atomic mass is 16.5. The molecular formula is C18H21NO. The van der Waals surface area contributed by atoms with E-state index in [1.807, 2.05) is 13.0 Å². The van der Waals surface area contributed by atoms with Gasteiger partial charge in [-0.1, -0.05) is 50.1 Å². The number of nitrogens with one attached hydrogen (secondary N) is 1. The van der Waals surface area contributed by atoms with Gasteiger partial charge in [0.2, 0.25) is 0 Å². The van der Waals surface area contributed by atoms with Gasteiger partial charge < -0.3 is 10.1 Å². The Balaban J connectivity index is 2.37. The number of fused-ring (bicyclic) bond motifs is 1. The second-order valence-corrected chi connectivity index (χ2v) is 5.01. The molecule has 0 saturated carbocycles. The Kier molecular flexibility index (Phi) is 5.03. The number of hydrogen-bond acceptors (Lipinski definition) is 2. The molecule has 0 atom stereocenters. The van der Waals surface area contributed by atoms with E-state index in [-0.39, 0.29) is 0 Å². The lowest BCUT2D eigenvalue weighted by Crippen LogP contribution is -2.22. The van der Waals surface area contributed by atoms with E-state index in [0.717, 1.165) is 12.3 Å². The Hall–Kier alpha value is -1.98. The van der Waals surface area contributed by atoms with Crippen LogP contribution in [-0.2, 0) is 6.54 Å². The van der Waals surface area contributed by atoms with Crippen molar-refractivity contribution >= 4 is 10.8 Å². The van der Waals surface area contributed by atoms with Crippen LogP contribution in [0.4, 0.5) is 0 Å². The van der Waals surface area contributed by atoms with E-state index in [0.29, 0.717) is 12.6 Å². The van der Waals surface area contributed by atoms with Gasteiger partial charge in [-0.3, -0.25) is 0 Å². The van der Waals surface area contributed by atoms with Gasteiger partial charge in [0.1, 0.15) is 12.4 Å². The third-order valence-corrected chi connectivity index (χ3v) is 3.16. The van der Waals surface area contributed by atoms with Crippen LogP contribution in [0.2, 0.25) is 0 Å². The fraction of sp³-hybridized carbons (Fsp3) is 0.333. The van der Waals surface area contributed by atoms with Crippen molar-refractivity contribution in [1.82, 2.24) is 5.32 Å². The summed E-state index contributed by atoms with van der Waals surface area (Å²) >= 11 is 0. The molecule has 0 aliphatic rings. The first-order valence-corrected chi connectivity index (χ1v) is 6.98. The van der Waals surface area contributed by atoms with Crippen molar-refractivity contribution in [2.45, 2.75) is 33.4 Å². The maximum Gasteiger partial charge on any atom is 0.149 e. The molecule has 0 fully saturated rings. The molecule has 1 N–H and O–H groups in total. The molecule has 2 aromatic rings. The van der Waals surface area contributed by atoms with Crippen LogP contribution in [0.1, 0.15) is 26.3 Å². The quantitative estimate of drug-likeness (QED) is 0.833. The van der Waals surface area contributed by atoms with Crippen molar-refractivity contribution in [2.75, 3.05) is 6.61 Å². The average Bonchev–Trinajstić information content (AvgIpc) is 2.45. The monoisotopic (exact) mass is 267 g/mol. The van der Waals surface area contributed by atoms with Crippen LogP contribution in [0.3, 0.4) is 0 Å². The number of benzene rings is 2. The van der Waals surface area contributed by atoms with E-state index in [4.69, 9.17) is 4.74 Å². The summed E-state index contributed by atoms with van der Waals surface area (Å²) in [5.74, 6) is 6.71. The highest BCUT2D eigenvalue weighted by Crippen LogP contribution is 2.28. The molecule has 0 aromatic heterocycles. The summed E-state index contributed by atoms with van der Waals surface area (Å²) in [6.45, 7) is 7.35. The summed E-state index contributed by atoms with van der Waals surface area (Å²) in [4.78, 5) is 0.